The number of hydrogen-bond donors (Lipinski definition) is 0. The van der Waals surface area contributed by atoms with Crippen LogP contribution in [0, 0.1) is 6.92 Å². The second kappa shape index (κ2) is 4.93. The lowest BCUT2D eigenvalue weighted by Gasteiger charge is -2.07. The molecule has 0 saturated carbocycles. The zero-order valence-electron chi connectivity index (χ0n) is 13.3. The fourth-order valence-corrected chi connectivity index (χ4v) is 3.38. The van der Waals surface area contributed by atoms with Crippen molar-refractivity contribution in [1.82, 2.24) is 4.98 Å². The smallest absolute Gasteiger partial charge is 0.147 e. The average Bonchev–Trinajstić information content (AvgIpc) is 3.02. The molecule has 0 aliphatic carbocycles. The van der Waals surface area contributed by atoms with E-state index in [-0.39, 0.29) is 0 Å². The van der Waals surface area contributed by atoms with Crippen LogP contribution in [0.15, 0.2) is 77.2 Å². The van der Waals surface area contributed by atoms with Gasteiger partial charge < -0.3 is 4.42 Å². The van der Waals surface area contributed by atoms with Crippen LogP contribution in [0.4, 0.5) is 0 Å². The molecule has 2 aromatic heterocycles. The van der Waals surface area contributed by atoms with E-state index in [4.69, 9.17) is 9.40 Å². The van der Waals surface area contributed by atoms with Crippen molar-refractivity contribution in [3.8, 4) is 11.3 Å². The Bertz CT molecular complexity index is 1200. The molecule has 0 N–H and O–H groups in total. The van der Waals surface area contributed by atoms with Crippen LogP contribution in [0.1, 0.15) is 5.56 Å². The summed E-state index contributed by atoms with van der Waals surface area (Å²) >= 11 is 0. The Labute approximate surface area is 139 Å². The molecular formula is C22H15NO. The Hall–Kier alpha value is -3.13. The van der Waals surface area contributed by atoms with Crippen molar-refractivity contribution >= 4 is 32.8 Å². The van der Waals surface area contributed by atoms with Crippen LogP contribution < -0.4 is 0 Å². The molecule has 0 spiro atoms. The highest BCUT2D eigenvalue weighted by molar-refractivity contribution is 6.19. The molecule has 0 unspecified atom stereocenters. The lowest BCUT2D eigenvalue weighted by atomic mass is 10.0. The Balaban J connectivity index is 2.05. The maximum absolute atomic E-state index is 6.24. The van der Waals surface area contributed by atoms with Crippen molar-refractivity contribution in [3.63, 3.8) is 0 Å². The molecular weight excluding hydrogens is 294 g/mol. The molecule has 2 heterocycles. The van der Waals surface area contributed by atoms with Crippen LogP contribution in [0.5, 0.6) is 0 Å². The van der Waals surface area contributed by atoms with E-state index in [9.17, 15) is 0 Å². The predicted octanol–water partition coefficient (Wildman–Crippen LogP) is 6.11. The van der Waals surface area contributed by atoms with Crippen LogP contribution in [0.3, 0.4) is 0 Å². The summed E-state index contributed by atoms with van der Waals surface area (Å²) < 4.78 is 6.24. The van der Waals surface area contributed by atoms with Gasteiger partial charge in [-0.05, 0) is 25.1 Å². The van der Waals surface area contributed by atoms with Crippen LogP contribution in [0.25, 0.3) is 44.1 Å². The maximum Gasteiger partial charge on any atom is 0.147 e. The van der Waals surface area contributed by atoms with Gasteiger partial charge in [0.25, 0.3) is 0 Å². The molecule has 0 atom stereocenters. The first kappa shape index (κ1) is 13.3. The third-order valence-corrected chi connectivity index (χ3v) is 4.51. The molecule has 24 heavy (non-hydrogen) atoms. The van der Waals surface area contributed by atoms with Gasteiger partial charge in [0.1, 0.15) is 11.2 Å². The summed E-state index contributed by atoms with van der Waals surface area (Å²) in [5.41, 5.74) is 6.08. The SMILES string of the molecule is Cc1ccc2nc(-c3ccccc3)c3c4ccccc4oc3c2c1. The summed E-state index contributed by atoms with van der Waals surface area (Å²) in [6.07, 6.45) is 0. The van der Waals surface area contributed by atoms with Crippen molar-refractivity contribution in [2.45, 2.75) is 6.92 Å². The number of nitrogens with zero attached hydrogens (tertiary/aromatic N) is 1. The molecule has 3 aromatic carbocycles. The van der Waals surface area contributed by atoms with Crippen LogP contribution in [-0.2, 0) is 0 Å². The number of furan rings is 1. The molecule has 5 rings (SSSR count). The van der Waals surface area contributed by atoms with Gasteiger partial charge >= 0.3 is 0 Å². The number of aromatic nitrogens is 1. The van der Waals surface area contributed by atoms with Crippen LogP contribution in [0.2, 0.25) is 0 Å². The van der Waals surface area contributed by atoms with Gasteiger partial charge in [0, 0.05) is 16.3 Å². The Morgan fingerprint density at radius 1 is 0.792 bits per heavy atom. The normalized spacial score (nSPS) is 11.5. The standard InChI is InChI=1S/C22H15NO/c1-14-11-12-18-17(13-14)22-20(16-9-5-6-10-19(16)24-22)21(23-18)15-7-3-2-4-8-15/h2-13H,1H3. The molecule has 2 nitrogen and oxygen atoms in total. The van der Waals surface area contributed by atoms with Crippen molar-refractivity contribution < 1.29 is 4.42 Å². The van der Waals surface area contributed by atoms with E-state index >= 15 is 0 Å². The molecule has 0 amide bonds. The Morgan fingerprint density at radius 2 is 1.58 bits per heavy atom. The maximum atomic E-state index is 6.24. The van der Waals surface area contributed by atoms with Crippen LogP contribution in [-0.4, -0.2) is 4.98 Å². The van der Waals surface area contributed by atoms with E-state index in [0.29, 0.717) is 0 Å². The molecule has 2 heteroatoms. The number of aryl methyl sites for hydroxylation is 1. The number of pyridine rings is 1. The van der Waals surface area contributed by atoms with Gasteiger partial charge in [-0.25, -0.2) is 4.98 Å². The number of rotatable bonds is 1. The van der Waals surface area contributed by atoms with Gasteiger partial charge in [-0.2, -0.15) is 0 Å². The minimum Gasteiger partial charge on any atom is -0.455 e. The first-order chi connectivity index (χ1) is 11.8. The first-order valence-electron chi connectivity index (χ1n) is 8.08. The fraction of sp³-hybridized carbons (Fsp3) is 0.0455. The third kappa shape index (κ3) is 1.86. The highest BCUT2D eigenvalue weighted by atomic mass is 16.3. The first-order valence-corrected chi connectivity index (χ1v) is 8.08. The quantitative estimate of drug-likeness (QED) is 0.373. The molecule has 114 valence electrons. The largest absolute Gasteiger partial charge is 0.455 e. The van der Waals surface area contributed by atoms with Crippen molar-refractivity contribution in [2.24, 2.45) is 0 Å². The number of benzene rings is 3. The van der Waals surface area contributed by atoms with Crippen LogP contribution >= 0.6 is 0 Å². The monoisotopic (exact) mass is 309 g/mol. The fourth-order valence-electron chi connectivity index (χ4n) is 3.38. The summed E-state index contributed by atoms with van der Waals surface area (Å²) in [5, 5.41) is 3.28. The summed E-state index contributed by atoms with van der Waals surface area (Å²) in [6.45, 7) is 2.10. The Morgan fingerprint density at radius 3 is 2.46 bits per heavy atom. The summed E-state index contributed by atoms with van der Waals surface area (Å²) in [7, 11) is 0. The minimum absolute atomic E-state index is 0.903. The van der Waals surface area contributed by atoms with Gasteiger partial charge in [-0.1, -0.05) is 60.2 Å². The number of hydrogen-bond acceptors (Lipinski definition) is 2. The van der Waals surface area contributed by atoms with E-state index in [0.717, 1.165) is 44.1 Å². The van der Waals surface area contributed by atoms with Gasteiger partial charge in [0.05, 0.1) is 16.6 Å². The number of para-hydroxylation sites is 1. The van der Waals surface area contributed by atoms with E-state index in [1.165, 1.54) is 5.56 Å². The van der Waals surface area contributed by atoms with Crippen molar-refractivity contribution in [2.75, 3.05) is 0 Å². The summed E-state index contributed by atoms with van der Waals surface area (Å²) in [4.78, 5) is 4.98. The molecule has 0 bridgehead atoms. The molecule has 0 aliphatic heterocycles. The summed E-state index contributed by atoms with van der Waals surface area (Å²) in [5.74, 6) is 0. The van der Waals surface area contributed by atoms with Gasteiger partial charge in [-0.15, -0.1) is 0 Å². The highest BCUT2D eigenvalue weighted by Gasteiger charge is 2.17. The molecule has 0 radical (unpaired) electrons. The van der Waals surface area contributed by atoms with Gasteiger partial charge in [0.2, 0.25) is 0 Å². The lowest BCUT2D eigenvalue weighted by Crippen LogP contribution is -1.88. The van der Waals surface area contributed by atoms with Crippen molar-refractivity contribution in [1.29, 1.82) is 0 Å². The topological polar surface area (TPSA) is 26.0 Å². The predicted molar refractivity (Wildman–Crippen MR) is 99.2 cm³/mol. The van der Waals surface area contributed by atoms with E-state index in [2.05, 4.69) is 43.3 Å². The van der Waals surface area contributed by atoms with E-state index < -0.39 is 0 Å². The molecule has 5 aromatic rings. The zero-order valence-corrected chi connectivity index (χ0v) is 13.3. The second-order valence-electron chi connectivity index (χ2n) is 6.15. The van der Waals surface area contributed by atoms with E-state index in [1.54, 1.807) is 0 Å². The van der Waals surface area contributed by atoms with Gasteiger partial charge in [0.15, 0.2) is 0 Å². The Kier molecular flexibility index (Phi) is 2.74. The van der Waals surface area contributed by atoms with E-state index in [1.807, 2.05) is 36.4 Å². The van der Waals surface area contributed by atoms with Gasteiger partial charge in [-0.3, -0.25) is 0 Å². The molecule has 0 aliphatic rings. The minimum atomic E-state index is 0.903. The lowest BCUT2D eigenvalue weighted by molar-refractivity contribution is 0.672. The summed E-state index contributed by atoms with van der Waals surface area (Å²) in [6, 6.07) is 24.8. The second-order valence-corrected chi connectivity index (χ2v) is 6.15. The zero-order chi connectivity index (χ0) is 16.1. The molecule has 0 fully saturated rings. The van der Waals surface area contributed by atoms with Crippen molar-refractivity contribution in [3.05, 3.63) is 78.4 Å². The average molecular weight is 309 g/mol. The molecule has 0 saturated heterocycles. The number of fused-ring (bicyclic) bond motifs is 5. The highest BCUT2D eigenvalue weighted by Crippen LogP contribution is 2.39. The third-order valence-electron chi connectivity index (χ3n) is 4.51.